The lowest BCUT2D eigenvalue weighted by Crippen LogP contribution is -2.47. The first-order chi connectivity index (χ1) is 17.7. The molecule has 0 N–H and O–H groups in total. The molecule has 1 saturated heterocycles. The van der Waals surface area contributed by atoms with Crippen molar-refractivity contribution in [3.8, 4) is 0 Å². The van der Waals surface area contributed by atoms with Gasteiger partial charge >= 0.3 is 0 Å². The van der Waals surface area contributed by atoms with Gasteiger partial charge in [-0.05, 0) is 53.1 Å². The summed E-state index contributed by atoms with van der Waals surface area (Å²) in [5.41, 5.74) is 3.27. The van der Waals surface area contributed by atoms with E-state index < -0.39 is 6.10 Å². The molecule has 0 bridgehead atoms. The van der Waals surface area contributed by atoms with E-state index in [4.69, 9.17) is 51.1 Å². The summed E-state index contributed by atoms with van der Waals surface area (Å²) in [6.07, 6.45) is 3.17. The summed E-state index contributed by atoms with van der Waals surface area (Å²) in [6.45, 7) is 0.260. The molecular formula is C29H23Cl4NO3. The van der Waals surface area contributed by atoms with E-state index in [9.17, 15) is 9.59 Å². The van der Waals surface area contributed by atoms with Gasteiger partial charge in [-0.1, -0.05) is 88.9 Å². The fourth-order valence-electron chi connectivity index (χ4n) is 4.11. The van der Waals surface area contributed by atoms with Gasteiger partial charge in [0.15, 0.2) is 5.78 Å². The van der Waals surface area contributed by atoms with E-state index in [0.717, 1.165) is 5.56 Å². The number of hydrogen-bond donors (Lipinski definition) is 0. The third-order valence-corrected chi connectivity index (χ3v) is 7.49. The van der Waals surface area contributed by atoms with Crippen LogP contribution in [0.4, 0.5) is 0 Å². The fraction of sp³-hybridized carbons (Fsp3) is 0.172. The molecule has 4 nitrogen and oxygen atoms in total. The second-order valence-electron chi connectivity index (χ2n) is 8.62. The Hall–Kier alpha value is -2.60. The number of ketones is 1. The molecule has 1 aliphatic heterocycles. The lowest BCUT2D eigenvalue weighted by atomic mass is 9.93. The van der Waals surface area contributed by atoms with Crippen LogP contribution in [0.2, 0.25) is 20.1 Å². The third-order valence-electron chi connectivity index (χ3n) is 6.01. The van der Waals surface area contributed by atoms with Crippen LogP contribution >= 0.6 is 46.4 Å². The Morgan fingerprint density at radius 2 is 1.35 bits per heavy atom. The lowest BCUT2D eigenvalue weighted by Gasteiger charge is -2.32. The largest absolute Gasteiger partial charge is 0.371 e. The molecule has 0 aliphatic carbocycles. The maximum absolute atomic E-state index is 13.6. The minimum Gasteiger partial charge on any atom is -0.371 e. The Morgan fingerprint density at radius 1 is 0.838 bits per heavy atom. The van der Waals surface area contributed by atoms with E-state index in [1.54, 1.807) is 53.5 Å². The number of benzene rings is 3. The van der Waals surface area contributed by atoms with Crippen molar-refractivity contribution in [3.05, 3.63) is 115 Å². The third kappa shape index (κ3) is 6.84. The molecule has 8 heteroatoms. The van der Waals surface area contributed by atoms with E-state index in [-0.39, 0.29) is 24.8 Å². The van der Waals surface area contributed by atoms with E-state index in [0.29, 0.717) is 48.8 Å². The molecule has 1 fully saturated rings. The van der Waals surface area contributed by atoms with Crippen molar-refractivity contribution in [2.24, 2.45) is 0 Å². The van der Waals surface area contributed by atoms with E-state index in [1.807, 2.05) is 30.3 Å². The standard InChI is InChI=1S/C29H23Cl4NO3/c1-37-27(15-18-5-3-2-4-6-18)29(36)34-16-21(11-19-7-9-23(30)25(32)13-19)28(35)22(17-34)12-20-8-10-24(31)26(33)14-20/h2-14,27H,15-17H2,1H3/b21-11+,22-12+. The summed E-state index contributed by atoms with van der Waals surface area (Å²) < 4.78 is 5.58. The van der Waals surface area contributed by atoms with Gasteiger partial charge in [0.2, 0.25) is 0 Å². The van der Waals surface area contributed by atoms with E-state index in [2.05, 4.69) is 0 Å². The average Bonchev–Trinajstić information content (AvgIpc) is 2.89. The van der Waals surface area contributed by atoms with Gasteiger partial charge in [0, 0.05) is 37.8 Å². The monoisotopic (exact) mass is 573 g/mol. The van der Waals surface area contributed by atoms with Crippen LogP contribution in [0, 0.1) is 0 Å². The van der Waals surface area contributed by atoms with Crippen LogP contribution in [0.5, 0.6) is 0 Å². The van der Waals surface area contributed by atoms with Crippen LogP contribution in [-0.4, -0.2) is 42.9 Å². The summed E-state index contributed by atoms with van der Waals surface area (Å²) in [4.78, 5) is 28.7. The van der Waals surface area contributed by atoms with Gasteiger partial charge in [-0.3, -0.25) is 9.59 Å². The summed E-state index contributed by atoms with van der Waals surface area (Å²) in [6, 6.07) is 19.9. The van der Waals surface area contributed by atoms with Crippen molar-refractivity contribution in [3.63, 3.8) is 0 Å². The quantitative estimate of drug-likeness (QED) is 0.287. The number of likely N-dealkylation sites (tertiary alicyclic amines) is 1. The van der Waals surface area contributed by atoms with Crippen molar-refractivity contribution in [1.29, 1.82) is 0 Å². The van der Waals surface area contributed by atoms with Gasteiger partial charge in [0.05, 0.1) is 20.1 Å². The molecule has 190 valence electrons. The van der Waals surface area contributed by atoms with Crippen LogP contribution in [-0.2, 0) is 20.7 Å². The smallest absolute Gasteiger partial charge is 0.252 e. The van der Waals surface area contributed by atoms with Crippen LogP contribution < -0.4 is 0 Å². The first-order valence-electron chi connectivity index (χ1n) is 11.5. The molecule has 4 rings (SSSR count). The van der Waals surface area contributed by atoms with E-state index >= 15 is 0 Å². The first-order valence-corrected chi connectivity index (χ1v) is 13.0. The Bertz CT molecular complexity index is 1310. The van der Waals surface area contributed by atoms with Crippen molar-refractivity contribution in [2.75, 3.05) is 20.2 Å². The Labute approximate surface area is 236 Å². The van der Waals surface area contributed by atoms with Crippen molar-refractivity contribution in [2.45, 2.75) is 12.5 Å². The molecule has 0 aromatic heterocycles. The molecule has 0 radical (unpaired) electrons. The molecule has 0 saturated carbocycles. The zero-order valence-electron chi connectivity index (χ0n) is 19.9. The maximum atomic E-state index is 13.6. The Balaban J connectivity index is 1.70. The molecular weight excluding hydrogens is 552 g/mol. The topological polar surface area (TPSA) is 46.6 Å². The number of methoxy groups -OCH3 is 1. The SMILES string of the molecule is COC(Cc1ccccc1)C(=O)N1C/C(=C\c2ccc(Cl)c(Cl)c2)C(=O)/C(=C/c2ccc(Cl)c(Cl)c2)C1. The number of rotatable bonds is 6. The van der Waals surface area contributed by atoms with Gasteiger partial charge in [-0.25, -0.2) is 0 Å². The predicted molar refractivity (Wildman–Crippen MR) is 151 cm³/mol. The number of halogens is 4. The van der Waals surface area contributed by atoms with Crippen LogP contribution in [0.25, 0.3) is 12.2 Å². The van der Waals surface area contributed by atoms with Crippen molar-refractivity contribution in [1.82, 2.24) is 4.90 Å². The number of ether oxygens (including phenoxy) is 1. The van der Waals surface area contributed by atoms with E-state index in [1.165, 1.54) is 7.11 Å². The summed E-state index contributed by atoms with van der Waals surface area (Å²) in [5, 5.41) is 1.58. The molecule has 1 aliphatic rings. The number of carbonyl (C=O) groups is 2. The van der Waals surface area contributed by atoms with Gasteiger partial charge in [-0.15, -0.1) is 0 Å². The Morgan fingerprint density at radius 3 is 1.81 bits per heavy atom. The highest BCUT2D eigenvalue weighted by atomic mass is 35.5. The minimum atomic E-state index is -0.701. The normalized spacial score (nSPS) is 16.9. The summed E-state index contributed by atoms with van der Waals surface area (Å²) in [7, 11) is 1.51. The number of nitrogens with zero attached hydrogens (tertiary/aromatic N) is 1. The number of carbonyl (C=O) groups excluding carboxylic acids is 2. The molecule has 1 unspecified atom stereocenters. The Kier molecular flexibility index (Phi) is 9.12. The number of hydrogen-bond acceptors (Lipinski definition) is 3. The lowest BCUT2D eigenvalue weighted by molar-refractivity contribution is -0.141. The molecule has 1 atom stereocenters. The van der Waals surface area contributed by atoms with Crippen LogP contribution in [0.1, 0.15) is 16.7 Å². The van der Waals surface area contributed by atoms with Crippen molar-refractivity contribution >= 4 is 70.2 Å². The average molecular weight is 575 g/mol. The second kappa shape index (κ2) is 12.3. The first kappa shape index (κ1) is 27.4. The minimum absolute atomic E-state index is 0.130. The maximum Gasteiger partial charge on any atom is 0.252 e. The van der Waals surface area contributed by atoms with Crippen LogP contribution in [0.15, 0.2) is 77.9 Å². The highest BCUT2D eigenvalue weighted by molar-refractivity contribution is 6.42. The van der Waals surface area contributed by atoms with Gasteiger partial charge in [0.1, 0.15) is 6.10 Å². The van der Waals surface area contributed by atoms with Gasteiger partial charge < -0.3 is 9.64 Å². The van der Waals surface area contributed by atoms with Gasteiger partial charge in [-0.2, -0.15) is 0 Å². The molecule has 37 heavy (non-hydrogen) atoms. The van der Waals surface area contributed by atoms with Crippen LogP contribution in [0.3, 0.4) is 0 Å². The molecule has 3 aromatic carbocycles. The second-order valence-corrected chi connectivity index (χ2v) is 10.3. The highest BCUT2D eigenvalue weighted by Gasteiger charge is 2.33. The number of piperidine rings is 1. The summed E-state index contributed by atoms with van der Waals surface area (Å²) in [5.74, 6) is -0.378. The molecule has 1 amide bonds. The molecule has 1 heterocycles. The zero-order valence-corrected chi connectivity index (χ0v) is 22.9. The predicted octanol–water partition coefficient (Wildman–Crippen LogP) is 7.44. The van der Waals surface area contributed by atoms with Crippen molar-refractivity contribution < 1.29 is 14.3 Å². The molecule has 0 spiro atoms. The summed E-state index contributed by atoms with van der Waals surface area (Å²) >= 11 is 24.5. The van der Waals surface area contributed by atoms with Gasteiger partial charge in [0.25, 0.3) is 5.91 Å². The number of amides is 1. The molecule has 3 aromatic rings. The number of Topliss-reactive ketones (excluding diaryl/α,β-unsaturated/α-hetero) is 1. The fourth-order valence-corrected chi connectivity index (χ4v) is 4.72. The zero-order chi connectivity index (χ0) is 26.5. The highest BCUT2D eigenvalue weighted by Crippen LogP contribution is 2.28.